The summed E-state index contributed by atoms with van der Waals surface area (Å²) in [5.74, 6) is 1.50. The number of sulfone groups is 1. The van der Waals surface area contributed by atoms with E-state index >= 15 is 0 Å². The molecule has 1 amide bonds. The van der Waals surface area contributed by atoms with Crippen LogP contribution in [0.15, 0.2) is 35.5 Å². The Labute approximate surface area is 210 Å². The van der Waals surface area contributed by atoms with Crippen molar-refractivity contribution in [3.05, 3.63) is 36.0 Å². The number of hydrogen-bond acceptors (Lipinski definition) is 8. The molecule has 194 valence electrons. The molecule has 1 aromatic heterocycles. The van der Waals surface area contributed by atoms with Crippen LogP contribution in [0.1, 0.15) is 24.8 Å². The van der Waals surface area contributed by atoms with E-state index in [0.29, 0.717) is 56.6 Å². The molecule has 1 unspecified atom stereocenters. The largest absolute Gasteiger partial charge is 0.490 e. The normalized spacial score (nSPS) is 20.7. The minimum absolute atomic E-state index is 0.0238. The summed E-state index contributed by atoms with van der Waals surface area (Å²) in [6.07, 6.45) is 4.64. The second-order valence-electron chi connectivity index (χ2n) is 9.39. The number of carbonyl (C=O) groups is 1. The summed E-state index contributed by atoms with van der Waals surface area (Å²) < 4.78 is 55.0. The third-order valence-corrected chi connectivity index (χ3v) is 7.91. The number of likely N-dealkylation sites (tertiary alicyclic amines) is 1. The lowest BCUT2D eigenvalue weighted by atomic mass is 9.99. The number of ether oxygens (including phenoxy) is 3. The molecular formula is C25H30FN3O6S. The minimum Gasteiger partial charge on any atom is -0.490 e. The third kappa shape index (κ3) is 5.12. The summed E-state index contributed by atoms with van der Waals surface area (Å²) in [6, 6.07) is 7.04. The molecule has 0 saturated carbocycles. The molecule has 11 heteroatoms. The SMILES string of the molecule is CS(=O)(=O)c1ncc(N2CCOc3ccc(OC4CCN(C(=O)C5CCOCC5)C4)cc32)cc1CF. The van der Waals surface area contributed by atoms with Gasteiger partial charge in [0.25, 0.3) is 0 Å². The number of pyridine rings is 1. The first-order chi connectivity index (χ1) is 17.3. The predicted octanol–water partition coefficient (Wildman–Crippen LogP) is 2.89. The van der Waals surface area contributed by atoms with Crippen molar-refractivity contribution in [2.24, 2.45) is 5.92 Å². The highest BCUT2D eigenvalue weighted by molar-refractivity contribution is 7.90. The van der Waals surface area contributed by atoms with Crippen molar-refractivity contribution < 1.29 is 31.8 Å². The molecule has 0 aliphatic carbocycles. The number of hydrogen-bond donors (Lipinski definition) is 0. The topological polar surface area (TPSA) is 98.3 Å². The highest BCUT2D eigenvalue weighted by Crippen LogP contribution is 2.40. The third-order valence-electron chi connectivity index (χ3n) is 6.84. The quantitative estimate of drug-likeness (QED) is 0.575. The second kappa shape index (κ2) is 10.2. The van der Waals surface area contributed by atoms with E-state index in [1.807, 2.05) is 28.0 Å². The van der Waals surface area contributed by atoms with Gasteiger partial charge in [0, 0.05) is 50.0 Å². The van der Waals surface area contributed by atoms with Crippen LogP contribution in [-0.2, 0) is 26.0 Å². The standard InChI is InChI=1S/C25H30FN3O6S/c1-36(31,32)24-18(14-26)12-19(15-27-24)29-8-11-34-23-3-2-20(13-22(23)29)35-21-4-7-28(16-21)25(30)17-5-9-33-10-6-17/h2-3,12-13,15,17,21H,4-11,14,16H2,1H3. The lowest BCUT2D eigenvalue weighted by Gasteiger charge is -2.32. The fourth-order valence-corrected chi connectivity index (χ4v) is 5.86. The van der Waals surface area contributed by atoms with Crippen LogP contribution in [0.25, 0.3) is 0 Å². The van der Waals surface area contributed by atoms with Crippen molar-refractivity contribution >= 4 is 27.1 Å². The summed E-state index contributed by atoms with van der Waals surface area (Å²) in [7, 11) is -3.64. The zero-order valence-corrected chi connectivity index (χ0v) is 21.0. The zero-order valence-electron chi connectivity index (χ0n) is 20.2. The predicted molar refractivity (Wildman–Crippen MR) is 130 cm³/mol. The van der Waals surface area contributed by atoms with E-state index in [9.17, 15) is 17.6 Å². The van der Waals surface area contributed by atoms with E-state index in [-0.39, 0.29) is 28.5 Å². The van der Waals surface area contributed by atoms with E-state index < -0.39 is 16.5 Å². The van der Waals surface area contributed by atoms with Crippen LogP contribution in [0, 0.1) is 5.92 Å². The highest BCUT2D eigenvalue weighted by Gasteiger charge is 2.33. The monoisotopic (exact) mass is 519 g/mol. The molecule has 2 saturated heterocycles. The Bertz CT molecular complexity index is 1230. The van der Waals surface area contributed by atoms with Crippen LogP contribution < -0.4 is 14.4 Å². The van der Waals surface area contributed by atoms with Crippen molar-refractivity contribution in [1.82, 2.24) is 9.88 Å². The maximum Gasteiger partial charge on any atom is 0.225 e. The van der Waals surface area contributed by atoms with Crippen LogP contribution in [0.2, 0.25) is 0 Å². The van der Waals surface area contributed by atoms with E-state index in [1.165, 1.54) is 12.3 Å². The Hall–Kier alpha value is -2.92. The van der Waals surface area contributed by atoms with Gasteiger partial charge in [0.1, 0.15) is 30.9 Å². The van der Waals surface area contributed by atoms with Crippen LogP contribution in [0.4, 0.5) is 15.8 Å². The van der Waals surface area contributed by atoms with Gasteiger partial charge in [0.15, 0.2) is 14.9 Å². The number of benzene rings is 1. The average molecular weight is 520 g/mol. The van der Waals surface area contributed by atoms with Gasteiger partial charge in [-0.05, 0) is 31.0 Å². The van der Waals surface area contributed by atoms with Crippen molar-refractivity contribution in [3.8, 4) is 11.5 Å². The van der Waals surface area contributed by atoms with Gasteiger partial charge in [-0.15, -0.1) is 0 Å². The Morgan fingerprint density at radius 2 is 1.97 bits per heavy atom. The van der Waals surface area contributed by atoms with E-state index in [2.05, 4.69) is 4.98 Å². The lowest BCUT2D eigenvalue weighted by molar-refractivity contribution is -0.137. The molecular weight excluding hydrogens is 489 g/mol. The fraction of sp³-hybridized carbons (Fsp3) is 0.520. The number of amides is 1. The number of carbonyl (C=O) groups excluding carboxylic acids is 1. The van der Waals surface area contributed by atoms with Gasteiger partial charge < -0.3 is 24.0 Å². The number of anilines is 2. The minimum atomic E-state index is -3.64. The first kappa shape index (κ1) is 24.8. The van der Waals surface area contributed by atoms with Crippen molar-refractivity contribution in [2.45, 2.75) is 37.1 Å². The van der Waals surface area contributed by atoms with Crippen molar-refractivity contribution in [3.63, 3.8) is 0 Å². The van der Waals surface area contributed by atoms with Crippen LogP contribution in [0.5, 0.6) is 11.5 Å². The number of nitrogens with zero attached hydrogens (tertiary/aromatic N) is 3. The van der Waals surface area contributed by atoms with Gasteiger partial charge >= 0.3 is 0 Å². The Morgan fingerprint density at radius 3 is 2.72 bits per heavy atom. The van der Waals surface area contributed by atoms with Gasteiger partial charge in [-0.3, -0.25) is 4.79 Å². The molecule has 0 radical (unpaired) electrons. The number of fused-ring (bicyclic) bond motifs is 1. The first-order valence-electron chi connectivity index (χ1n) is 12.2. The van der Waals surface area contributed by atoms with Gasteiger partial charge in [0.05, 0.1) is 30.7 Å². The van der Waals surface area contributed by atoms with Gasteiger partial charge in [-0.25, -0.2) is 17.8 Å². The Morgan fingerprint density at radius 1 is 1.17 bits per heavy atom. The van der Waals surface area contributed by atoms with E-state index in [4.69, 9.17) is 14.2 Å². The molecule has 1 atom stereocenters. The lowest BCUT2D eigenvalue weighted by Crippen LogP contribution is -2.38. The van der Waals surface area contributed by atoms with E-state index in [0.717, 1.165) is 31.2 Å². The summed E-state index contributed by atoms with van der Waals surface area (Å²) in [4.78, 5) is 20.7. The van der Waals surface area contributed by atoms with Gasteiger partial charge in [0.2, 0.25) is 5.91 Å². The molecule has 0 bridgehead atoms. The summed E-state index contributed by atoms with van der Waals surface area (Å²) in [6.45, 7) is 2.45. The van der Waals surface area contributed by atoms with Crippen molar-refractivity contribution in [2.75, 3.05) is 50.6 Å². The number of alkyl halides is 1. The molecule has 3 aliphatic rings. The summed E-state index contributed by atoms with van der Waals surface area (Å²) in [5.41, 5.74) is 1.33. The smallest absolute Gasteiger partial charge is 0.225 e. The molecule has 4 heterocycles. The number of aromatic nitrogens is 1. The molecule has 0 spiro atoms. The maximum atomic E-state index is 13.7. The van der Waals surface area contributed by atoms with Gasteiger partial charge in [-0.1, -0.05) is 0 Å². The molecule has 1 aromatic carbocycles. The second-order valence-corrected chi connectivity index (χ2v) is 11.3. The number of rotatable bonds is 6. The molecule has 3 aliphatic heterocycles. The number of halogens is 1. The Balaban J connectivity index is 1.32. The molecule has 2 fully saturated rings. The first-order valence-corrected chi connectivity index (χ1v) is 14.0. The Kier molecular flexibility index (Phi) is 7.03. The zero-order chi connectivity index (χ0) is 25.3. The van der Waals surface area contributed by atoms with Crippen LogP contribution >= 0.6 is 0 Å². The van der Waals surface area contributed by atoms with Gasteiger partial charge in [-0.2, -0.15) is 0 Å². The molecule has 0 N–H and O–H groups in total. The molecule has 5 rings (SSSR count). The summed E-state index contributed by atoms with van der Waals surface area (Å²) >= 11 is 0. The van der Waals surface area contributed by atoms with Crippen LogP contribution in [0.3, 0.4) is 0 Å². The van der Waals surface area contributed by atoms with Crippen LogP contribution in [-0.4, -0.2) is 76.0 Å². The van der Waals surface area contributed by atoms with Crippen molar-refractivity contribution in [1.29, 1.82) is 0 Å². The van der Waals surface area contributed by atoms with E-state index in [1.54, 1.807) is 0 Å². The average Bonchev–Trinajstić information content (AvgIpc) is 3.36. The molecule has 36 heavy (non-hydrogen) atoms. The fourth-order valence-electron chi connectivity index (χ4n) is 5.02. The molecule has 9 nitrogen and oxygen atoms in total. The summed E-state index contributed by atoms with van der Waals surface area (Å²) in [5, 5.41) is -0.250. The maximum absolute atomic E-state index is 13.7. The highest BCUT2D eigenvalue weighted by atomic mass is 32.2. The molecule has 2 aromatic rings.